The molecular weight excluding hydrogens is 176 g/mol. The Kier molecular flexibility index (Phi) is 2.79. The van der Waals surface area contributed by atoms with Gasteiger partial charge < -0.3 is 10.2 Å². The third kappa shape index (κ3) is 1.72. The summed E-state index contributed by atoms with van der Waals surface area (Å²) in [5, 5.41) is 19.7. The third-order valence-electron chi connectivity index (χ3n) is 2.64. The van der Waals surface area contributed by atoms with Gasteiger partial charge in [-0.25, -0.2) is 0 Å². The molecule has 0 amide bonds. The molecule has 76 valence electrons. The van der Waals surface area contributed by atoms with Crippen molar-refractivity contribution in [1.29, 1.82) is 0 Å². The van der Waals surface area contributed by atoms with Crippen molar-refractivity contribution in [2.45, 2.75) is 25.6 Å². The van der Waals surface area contributed by atoms with Gasteiger partial charge >= 0.3 is 0 Å². The summed E-state index contributed by atoms with van der Waals surface area (Å²) in [6.07, 6.45) is 4.14. The van der Waals surface area contributed by atoms with Gasteiger partial charge in [-0.2, -0.15) is 0 Å². The second-order valence-electron chi connectivity index (χ2n) is 3.72. The third-order valence-corrected chi connectivity index (χ3v) is 2.64. The fraction of sp³-hybridized carbons (Fsp3) is 0.333. The van der Waals surface area contributed by atoms with Gasteiger partial charge in [-0.3, -0.25) is 0 Å². The summed E-state index contributed by atoms with van der Waals surface area (Å²) in [5.74, 6) is 0. The molecule has 0 heterocycles. The Morgan fingerprint density at radius 2 is 2.14 bits per heavy atom. The number of aliphatic hydroxyl groups excluding tert-OH is 1. The van der Waals surface area contributed by atoms with Crippen LogP contribution in [0.4, 0.5) is 0 Å². The molecule has 0 saturated carbocycles. The molecule has 0 saturated heterocycles. The highest BCUT2D eigenvalue weighted by molar-refractivity contribution is 5.50. The Bertz CT molecular complexity index is 332. The fourth-order valence-electron chi connectivity index (χ4n) is 1.54. The van der Waals surface area contributed by atoms with Gasteiger partial charge in [0.2, 0.25) is 0 Å². The number of hydrogen-bond acceptors (Lipinski definition) is 2. The van der Waals surface area contributed by atoms with Crippen molar-refractivity contribution in [3.63, 3.8) is 0 Å². The predicted molar refractivity (Wildman–Crippen MR) is 57.8 cm³/mol. The van der Waals surface area contributed by atoms with E-state index in [4.69, 9.17) is 0 Å². The second-order valence-corrected chi connectivity index (χ2v) is 3.72. The Balaban J connectivity index is 3.16. The summed E-state index contributed by atoms with van der Waals surface area (Å²) in [6, 6.07) is 0. The first kappa shape index (κ1) is 11.0. The number of aliphatic hydroxyl groups is 2. The van der Waals surface area contributed by atoms with E-state index in [2.05, 4.69) is 13.2 Å². The van der Waals surface area contributed by atoms with Crippen LogP contribution in [0.5, 0.6) is 0 Å². The molecule has 2 heteroatoms. The maximum Gasteiger partial charge on any atom is 0.108 e. The average Bonchev–Trinajstić information content (AvgIpc) is 2.10. The summed E-state index contributed by atoms with van der Waals surface area (Å²) in [7, 11) is 0. The molecule has 2 nitrogen and oxygen atoms in total. The van der Waals surface area contributed by atoms with Crippen molar-refractivity contribution in [2.75, 3.05) is 0 Å². The van der Waals surface area contributed by atoms with Crippen molar-refractivity contribution in [1.82, 2.24) is 0 Å². The molecule has 1 rings (SSSR count). The maximum absolute atomic E-state index is 10.2. The topological polar surface area (TPSA) is 40.5 Å². The van der Waals surface area contributed by atoms with Crippen molar-refractivity contribution >= 4 is 0 Å². The van der Waals surface area contributed by atoms with E-state index in [-0.39, 0.29) is 0 Å². The van der Waals surface area contributed by atoms with Crippen LogP contribution >= 0.6 is 0 Å². The number of allylic oxidation sites excluding steroid dienone is 1. The zero-order chi connectivity index (χ0) is 10.9. The Hall–Kier alpha value is -1.12. The molecular formula is C12H16O2. The maximum atomic E-state index is 10.2. The highest BCUT2D eigenvalue weighted by Gasteiger charge is 2.32. The van der Waals surface area contributed by atoms with Gasteiger partial charge in [0, 0.05) is 0 Å². The van der Waals surface area contributed by atoms with Crippen LogP contribution in [0.3, 0.4) is 0 Å². The summed E-state index contributed by atoms with van der Waals surface area (Å²) in [4.78, 5) is 0. The van der Waals surface area contributed by atoms with E-state index in [1.807, 2.05) is 0 Å². The minimum Gasteiger partial charge on any atom is -0.385 e. The zero-order valence-electron chi connectivity index (χ0n) is 8.62. The average molecular weight is 192 g/mol. The number of rotatable bonds is 2. The quantitative estimate of drug-likeness (QED) is 0.516. The summed E-state index contributed by atoms with van der Waals surface area (Å²) in [6.45, 7) is 10.8. The van der Waals surface area contributed by atoms with Crippen LogP contribution in [0, 0.1) is 0 Å². The lowest BCUT2D eigenvalue weighted by molar-refractivity contribution is 0.130. The van der Waals surface area contributed by atoms with Crippen molar-refractivity contribution < 1.29 is 10.2 Å². The van der Waals surface area contributed by atoms with Gasteiger partial charge in [-0.1, -0.05) is 25.3 Å². The normalized spacial score (nSPS) is 31.9. The van der Waals surface area contributed by atoms with Gasteiger partial charge in [-0.05, 0) is 36.6 Å². The van der Waals surface area contributed by atoms with Crippen molar-refractivity contribution in [2.24, 2.45) is 0 Å². The molecule has 0 aromatic rings. The van der Waals surface area contributed by atoms with Crippen LogP contribution in [0.1, 0.15) is 13.8 Å². The molecule has 2 N–H and O–H groups in total. The predicted octanol–water partition coefficient (Wildman–Crippen LogP) is 1.73. The first-order chi connectivity index (χ1) is 6.39. The fourth-order valence-corrected chi connectivity index (χ4v) is 1.54. The highest BCUT2D eigenvalue weighted by atomic mass is 16.3. The van der Waals surface area contributed by atoms with Crippen LogP contribution in [0.2, 0.25) is 0 Å². The van der Waals surface area contributed by atoms with Crippen LogP contribution in [0.15, 0.2) is 48.1 Å². The second kappa shape index (κ2) is 3.56. The molecule has 2 unspecified atom stereocenters. The Morgan fingerprint density at radius 1 is 1.57 bits per heavy atom. The summed E-state index contributed by atoms with van der Waals surface area (Å²) < 4.78 is 0. The molecule has 0 aromatic heterocycles. The molecule has 14 heavy (non-hydrogen) atoms. The number of hydrogen-bond donors (Lipinski definition) is 2. The Morgan fingerprint density at radius 3 is 2.64 bits per heavy atom. The standard InChI is InChI=1S/C12H16O2/c1-5-8(2)11-7-10(13)6-9(3)12(11,4)14/h5-7,10,13-14H,1-2H2,3-4H3. The lowest BCUT2D eigenvalue weighted by Gasteiger charge is -2.32. The SMILES string of the molecule is C=CC(=C)C1=CC(O)C=C(C)C1(C)O. The molecule has 1 aliphatic rings. The molecule has 0 aromatic carbocycles. The van der Waals surface area contributed by atoms with E-state index in [1.54, 1.807) is 32.1 Å². The molecule has 0 bridgehead atoms. The van der Waals surface area contributed by atoms with E-state index < -0.39 is 11.7 Å². The van der Waals surface area contributed by atoms with Crippen LogP contribution < -0.4 is 0 Å². The zero-order valence-corrected chi connectivity index (χ0v) is 8.62. The first-order valence-electron chi connectivity index (χ1n) is 4.53. The van der Waals surface area contributed by atoms with E-state index >= 15 is 0 Å². The molecule has 0 spiro atoms. The molecule has 2 atom stereocenters. The molecule has 1 aliphatic carbocycles. The van der Waals surface area contributed by atoms with E-state index in [0.29, 0.717) is 11.1 Å². The van der Waals surface area contributed by atoms with Gasteiger partial charge in [0.15, 0.2) is 0 Å². The van der Waals surface area contributed by atoms with Crippen LogP contribution in [-0.4, -0.2) is 21.9 Å². The van der Waals surface area contributed by atoms with Crippen LogP contribution in [-0.2, 0) is 0 Å². The van der Waals surface area contributed by atoms with Gasteiger partial charge in [0.05, 0.1) is 6.10 Å². The Labute approximate surface area is 84.6 Å². The smallest absolute Gasteiger partial charge is 0.108 e. The summed E-state index contributed by atoms with van der Waals surface area (Å²) in [5.41, 5.74) is 0.942. The van der Waals surface area contributed by atoms with Crippen molar-refractivity contribution in [3.05, 3.63) is 48.1 Å². The molecule has 0 radical (unpaired) electrons. The van der Waals surface area contributed by atoms with Gasteiger partial charge in [0.25, 0.3) is 0 Å². The lowest BCUT2D eigenvalue weighted by Crippen LogP contribution is -2.33. The van der Waals surface area contributed by atoms with E-state index in [1.165, 1.54) is 0 Å². The van der Waals surface area contributed by atoms with Crippen LogP contribution in [0.25, 0.3) is 0 Å². The minimum atomic E-state index is -1.05. The van der Waals surface area contributed by atoms with E-state index in [9.17, 15) is 10.2 Å². The van der Waals surface area contributed by atoms with Gasteiger partial charge in [0.1, 0.15) is 5.60 Å². The molecule has 0 aliphatic heterocycles. The minimum absolute atomic E-state index is 0.625. The largest absolute Gasteiger partial charge is 0.385 e. The van der Waals surface area contributed by atoms with Crippen molar-refractivity contribution in [3.8, 4) is 0 Å². The summed E-state index contributed by atoms with van der Waals surface area (Å²) >= 11 is 0. The van der Waals surface area contributed by atoms with E-state index in [0.717, 1.165) is 5.57 Å². The first-order valence-corrected chi connectivity index (χ1v) is 4.53. The lowest BCUT2D eigenvalue weighted by atomic mass is 9.80. The molecule has 0 fully saturated rings. The monoisotopic (exact) mass is 192 g/mol. The van der Waals surface area contributed by atoms with Gasteiger partial charge in [-0.15, -0.1) is 0 Å². The highest BCUT2D eigenvalue weighted by Crippen LogP contribution is 2.34.